The van der Waals surface area contributed by atoms with Crippen LogP contribution >= 0.6 is 49.9 Å². The summed E-state index contributed by atoms with van der Waals surface area (Å²) in [7, 11) is 1.32. The maximum Gasteiger partial charge on any atom is 0.420 e. The van der Waals surface area contributed by atoms with Crippen LogP contribution in [0.15, 0.2) is 89.6 Å². The van der Waals surface area contributed by atoms with Crippen LogP contribution in [-0.4, -0.2) is 59.7 Å². The van der Waals surface area contributed by atoms with Crippen molar-refractivity contribution in [2.45, 2.75) is 97.2 Å². The molecule has 67 heavy (non-hydrogen) atoms. The molecule has 0 spiro atoms. The number of hydrogen-bond donors (Lipinski definition) is 2. The maximum atomic E-state index is 13.1. The van der Waals surface area contributed by atoms with Crippen molar-refractivity contribution >= 4 is 84.1 Å². The number of ether oxygens (including phenoxy) is 2. The Morgan fingerprint density at radius 3 is 1.84 bits per heavy atom. The molecule has 346 valence electrons. The minimum Gasteiger partial charge on any atom is -0.465 e. The van der Waals surface area contributed by atoms with Gasteiger partial charge in [0.15, 0.2) is 5.60 Å². The van der Waals surface area contributed by atoms with Gasteiger partial charge in [-0.3, -0.25) is 0 Å². The second-order valence-electron chi connectivity index (χ2n) is 17.7. The van der Waals surface area contributed by atoms with Crippen molar-refractivity contribution in [3.05, 3.63) is 136 Å². The summed E-state index contributed by atoms with van der Waals surface area (Å²) >= 11 is 8.10. The highest BCUT2D eigenvalue weighted by molar-refractivity contribution is 9.11. The molecule has 13 nitrogen and oxygen atoms in total. The number of halogens is 1. The van der Waals surface area contributed by atoms with Crippen LogP contribution in [0.1, 0.15) is 119 Å². The predicted octanol–water partition coefficient (Wildman–Crippen LogP) is 13.4. The van der Waals surface area contributed by atoms with Gasteiger partial charge in [-0.25, -0.2) is 24.1 Å². The van der Waals surface area contributed by atoms with Gasteiger partial charge < -0.3 is 28.6 Å². The molecule has 2 aliphatic rings. The minimum atomic E-state index is -1.29. The Labute approximate surface area is 407 Å². The van der Waals surface area contributed by atoms with E-state index in [0.717, 1.165) is 86.0 Å². The number of imidazole rings is 2. The zero-order chi connectivity index (χ0) is 47.4. The number of carbonyl (C=O) groups excluding carboxylic acids is 2. The van der Waals surface area contributed by atoms with Crippen molar-refractivity contribution in [3.63, 3.8) is 0 Å². The second kappa shape index (κ2) is 18.4. The first kappa shape index (κ1) is 46.4. The lowest BCUT2D eigenvalue weighted by Gasteiger charge is -2.27. The number of aryl methyl sites for hydroxylation is 4. The number of methoxy groups -OCH3 is 1. The first-order chi connectivity index (χ1) is 32.0. The van der Waals surface area contributed by atoms with Crippen molar-refractivity contribution in [1.29, 1.82) is 0 Å². The molecule has 7 aromatic heterocycles. The number of H-pyrrole nitrogens is 1. The Balaban J connectivity index is 0.000000149. The van der Waals surface area contributed by atoms with E-state index in [2.05, 4.69) is 48.3 Å². The van der Waals surface area contributed by atoms with Crippen LogP contribution < -0.4 is 0 Å². The smallest absolute Gasteiger partial charge is 0.420 e. The van der Waals surface area contributed by atoms with Crippen LogP contribution in [0.4, 0.5) is 4.79 Å². The third-order valence-electron chi connectivity index (χ3n) is 11.6. The summed E-state index contributed by atoms with van der Waals surface area (Å²) < 4.78 is 24.1. The van der Waals surface area contributed by atoms with Gasteiger partial charge >= 0.3 is 12.1 Å². The number of fused-ring (bicyclic) bond motifs is 2. The van der Waals surface area contributed by atoms with Crippen LogP contribution in [0.2, 0.25) is 0 Å². The maximum absolute atomic E-state index is 13.1. The number of thiophene rings is 3. The quantitative estimate of drug-likeness (QED) is 0.139. The van der Waals surface area contributed by atoms with E-state index >= 15 is 0 Å². The van der Waals surface area contributed by atoms with Gasteiger partial charge in [0, 0.05) is 38.3 Å². The Kier molecular flexibility index (Phi) is 12.7. The monoisotopic (exact) mass is 1020 g/mol. The van der Waals surface area contributed by atoms with Gasteiger partial charge in [-0.2, -0.15) is 0 Å². The molecule has 0 unspecified atom stereocenters. The molecular formula is C50H49BrN6O7S3. The molecule has 0 radical (unpaired) electrons. The zero-order valence-corrected chi connectivity index (χ0v) is 42.3. The van der Waals surface area contributed by atoms with Gasteiger partial charge in [0.1, 0.15) is 34.3 Å². The van der Waals surface area contributed by atoms with Crippen molar-refractivity contribution in [3.8, 4) is 22.3 Å². The summed E-state index contributed by atoms with van der Waals surface area (Å²) in [5.41, 5.74) is 6.72. The number of benzene rings is 2. The number of aliphatic hydroxyl groups is 1. The molecule has 2 aliphatic carbocycles. The lowest BCUT2D eigenvalue weighted by Crippen LogP contribution is -2.28. The molecule has 7 heterocycles. The van der Waals surface area contributed by atoms with Crippen LogP contribution in [0.3, 0.4) is 0 Å². The van der Waals surface area contributed by atoms with E-state index in [4.69, 9.17) is 23.5 Å². The van der Waals surface area contributed by atoms with E-state index in [1.807, 2.05) is 100 Å². The average molecular weight is 1020 g/mol. The van der Waals surface area contributed by atoms with Crippen LogP contribution in [0.25, 0.3) is 44.3 Å². The summed E-state index contributed by atoms with van der Waals surface area (Å²) in [6.45, 7) is 12.9. The van der Waals surface area contributed by atoms with Crippen LogP contribution in [0, 0.1) is 27.7 Å². The van der Waals surface area contributed by atoms with Crippen molar-refractivity contribution in [1.82, 2.24) is 29.8 Å². The molecule has 0 amide bonds. The minimum absolute atomic E-state index is 0.165. The summed E-state index contributed by atoms with van der Waals surface area (Å²) in [5.74, 6) is 3.13. The molecule has 2 fully saturated rings. The Morgan fingerprint density at radius 1 is 0.791 bits per heavy atom. The van der Waals surface area contributed by atoms with Crippen molar-refractivity contribution in [2.24, 2.45) is 0 Å². The normalized spacial score (nSPS) is 13.9. The van der Waals surface area contributed by atoms with E-state index in [9.17, 15) is 14.7 Å². The van der Waals surface area contributed by atoms with Crippen LogP contribution in [-0.2, 0) is 15.1 Å². The summed E-state index contributed by atoms with van der Waals surface area (Å²) in [4.78, 5) is 40.7. The van der Waals surface area contributed by atoms with Crippen molar-refractivity contribution < 1.29 is 33.2 Å². The predicted molar refractivity (Wildman–Crippen MR) is 265 cm³/mol. The highest BCUT2D eigenvalue weighted by atomic mass is 79.9. The molecule has 9 aromatic rings. The van der Waals surface area contributed by atoms with E-state index < -0.39 is 23.3 Å². The third-order valence-corrected chi connectivity index (χ3v) is 15.0. The number of aromatic nitrogens is 6. The van der Waals surface area contributed by atoms with E-state index in [-0.39, 0.29) is 11.5 Å². The molecule has 0 saturated heterocycles. The standard InChI is InChI=1S/C24H21N3O2S2.C22H25N3O5.C4H3BrS/c1-13-21(14(2)29-27-13)16-11-17(22-18(12-16)25-23(26-22)15-7-8-15)24(28,19-5-3-9-30-19)20-6-4-10-31-20;1-11-17(12(2)30-24-11)14-9-15(20(26)28-6)18-16(10-14)25(19(23-18)13-7-8-13)21(27)29-22(3,4)5;5-4-2-1-3-6-4/h3-6,9-12,15,28H,7-8H2,1-2H3,(H,25,26);9-10,13H,7-8H2,1-6H3;1-3H. The lowest BCUT2D eigenvalue weighted by molar-refractivity contribution is 0.0537. The van der Waals surface area contributed by atoms with Gasteiger partial charge in [0.2, 0.25) is 0 Å². The molecule has 2 N–H and O–H groups in total. The number of carbonyl (C=O) groups is 2. The Morgan fingerprint density at radius 2 is 1.37 bits per heavy atom. The van der Waals surface area contributed by atoms with Gasteiger partial charge in [0.25, 0.3) is 0 Å². The molecular weight excluding hydrogens is 973 g/mol. The topological polar surface area (TPSA) is 171 Å². The molecule has 2 saturated carbocycles. The van der Waals surface area contributed by atoms with Crippen molar-refractivity contribution in [2.75, 3.05) is 7.11 Å². The number of hydrogen-bond acceptors (Lipinski definition) is 14. The van der Waals surface area contributed by atoms with E-state index in [1.54, 1.807) is 47.0 Å². The molecule has 11 rings (SSSR count). The number of rotatable bonds is 8. The SMILES string of the molecule is Brc1cccs1.COC(=O)c1cc(-c2c(C)noc2C)cc2c1nc(C1CC1)n2C(=O)OC(C)(C)C.Cc1noc(C)c1-c1cc(C(O)(c2cccs2)c2cccs2)c2nc(C3CC3)[nH]c2c1. The highest BCUT2D eigenvalue weighted by Crippen LogP contribution is 2.47. The van der Waals surface area contributed by atoms with E-state index in [0.29, 0.717) is 39.8 Å². The number of aromatic amines is 1. The molecule has 2 aromatic carbocycles. The Hall–Kier alpha value is -5.72. The first-order valence-corrected chi connectivity index (χ1v) is 25.3. The molecule has 0 bridgehead atoms. The zero-order valence-electron chi connectivity index (χ0n) is 38.2. The fraction of sp³-hybridized carbons (Fsp3) is 0.320. The van der Waals surface area contributed by atoms with Gasteiger partial charge in [-0.15, -0.1) is 34.0 Å². The fourth-order valence-electron chi connectivity index (χ4n) is 8.23. The molecule has 0 atom stereocenters. The summed E-state index contributed by atoms with van der Waals surface area (Å²) in [5, 5.41) is 26.6. The van der Waals surface area contributed by atoms with E-state index in [1.165, 1.54) is 15.5 Å². The highest BCUT2D eigenvalue weighted by Gasteiger charge is 2.40. The van der Waals surface area contributed by atoms with Gasteiger partial charge in [0.05, 0.1) is 44.4 Å². The van der Waals surface area contributed by atoms with Crippen LogP contribution in [0.5, 0.6) is 0 Å². The molecule has 0 aliphatic heterocycles. The van der Waals surface area contributed by atoms with Gasteiger partial charge in [-0.1, -0.05) is 28.5 Å². The largest absolute Gasteiger partial charge is 0.465 e. The fourth-order valence-corrected chi connectivity index (χ4v) is 10.9. The third kappa shape index (κ3) is 9.31. The average Bonchev–Trinajstić information content (AvgIpc) is 3.73. The van der Waals surface area contributed by atoms with Gasteiger partial charge in [-0.05, 0) is 160 Å². The lowest BCUT2D eigenvalue weighted by atomic mass is 9.87. The summed E-state index contributed by atoms with van der Waals surface area (Å²) in [6, 6.07) is 19.7. The number of nitrogens with zero attached hydrogens (tertiary/aromatic N) is 5. The number of nitrogens with one attached hydrogen (secondary N) is 1. The molecule has 17 heteroatoms. The summed E-state index contributed by atoms with van der Waals surface area (Å²) in [6.07, 6.45) is 3.68. The Bertz CT molecular complexity index is 3150. The first-order valence-electron chi connectivity index (χ1n) is 21.8. The second-order valence-corrected chi connectivity index (χ2v) is 22.0. The number of esters is 1.